The maximum atomic E-state index is 9.11. The molecule has 0 atom stereocenters. The highest BCUT2D eigenvalue weighted by atomic mass is 32.2. The van der Waals surface area contributed by atoms with Gasteiger partial charge in [0, 0.05) is 5.75 Å². The van der Waals surface area contributed by atoms with Crippen LogP contribution >= 0.6 is 11.8 Å². The van der Waals surface area contributed by atoms with Gasteiger partial charge in [-0.25, -0.2) is 0 Å². The van der Waals surface area contributed by atoms with Gasteiger partial charge in [-0.15, -0.1) is 0 Å². The van der Waals surface area contributed by atoms with Gasteiger partial charge in [0.15, 0.2) is 0 Å². The number of hydrogen-bond donors (Lipinski definition) is 0. The van der Waals surface area contributed by atoms with Crippen molar-refractivity contribution in [1.82, 2.24) is 0 Å². The Morgan fingerprint density at radius 3 is 2.87 bits per heavy atom. The average molecular weight is 217 g/mol. The Bertz CT molecular complexity index is 415. The number of benzene rings is 1. The van der Waals surface area contributed by atoms with Gasteiger partial charge in [0.25, 0.3) is 0 Å². The first-order chi connectivity index (χ1) is 7.24. The summed E-state index contributed by atoms with van der Waals surface area (Å²) in [6.45, 7) is 4.36. The van der Waals surface area contributed by atoms with Crippen LogP contribution in [0.1, 0.15) is 42.0 Å². The highest BCUT2D eigenvalue weighted by Gasteiger charge is 2.18. The Balaban J connectivity index is 2.60. The molecule has 0 radical (unpaired) electrons. The molecular weight excluding hydrogens is 202 g/mol. The van der Waals surface area contributed by atoms with Crippen molar-refractivity contribution in [2.75, 3.05) is 5.75 Å². The van der Waals surface area contributed by atoms with Gasteiger partial charge >= 0.3 is 0 Å². The first kappa shape index (κ1) is 10.6. The van der Waals surface area contributed by atoms with E-state index in [0.29, 0.717) is 5.92 Å². The molecule has 0 bridgehead atoms. The molecule has 0 saturated carbocycles. The maximum absolute atomic E-state index is 9.11. The fourth-order valence-electron chi connectivity index (χ4n) is 2.25. The van der Waals surface area contributed by atoms with E-state index < -0.39 is 0 Å². The molecule has 2 rings (SSSR count). The normalized spacial score (nSPS) is 14.8. The highest BCUT2D eigenvalue weighted by Crippen LogP contribution is 2.32. The average Bonchev–Trinajstić information content (AvgIpc) is 2.27. The van der Waals surface area contributed by atoms with Crippen molar-refractivity contribution >= 4 is 11.8 Å². The Kier molecular flexibility index (Phi) is 3.02. The third-order valence-electron chi connectivity index (χ3n) is 2.91. The number of nitrogens with zero attached hydrogens (tertiary/aromatic N) is 1. The quantitative estimate of drug-likeness (QED) is 0.719. The van der Waals surface area contributed by atoms with Crippen LogP contribution in [0.3, 0.4) is 0 Å². The number of fused-ring (bicyclic) bond motifs is 1. The van der Waals surface area contributed by atoms with Crippen LogP contribution in [-0.4, -0.2) is 5.75 Å². The fourth-order valence-corrected chi connectivity index (χ4v) is 3.24. The van der Waals surface area contributed by atoms with Crippen molar-refractivity contribution in [3.63, 3.8) is 0 Å². The van der Waals surface area contributed by atoms with Gasteiger partial charge in [0.1, 0.15) is 0 Å². The summed E-state index contributed by atoms with van der Waals surface area (Å²) in [5.41, 5.74) is 5.04. The van der Waals surface area contributed by atoms with Gasteiger partial charge in [0.2, 0.25) is 0 Å². The van der Waals surface area contributed by atoms with Crippen LogP contribution in [-0.2, 0) is 12.2 Å². The van der Waals surface area contributed by atoms with Crippen LogP contribution in [0.25, 0.3) is 0 Å². The molecule has 0 spiro atoms. The van der Waals surface area contributed by atoms with Gasteiger partial charge in [-0.3, -0.25) is 0 Å². The molecule has 1 aromatic rings. The van der Waals surface area contributed by atoms with Gasteiger partial charge < -0.3 is 0 Å². The predicted octanol–water partition coefficient (Wildman–Crippen LogP) is 3.47. The summed E-state index contributed by atoms with van der Waals surface area (Å²) in [4.78, 5) is 0. The van der Waals surface area contributed by atoms with Crippen LogP contribution in [0.15, 0.2) is 12.1 Å². The number of rotatable bonds is 1. The summed E-state index contributed by atoms with van der Waals surface area (Å²) >= 11 is 1.99. The van der Waals surface area contributed by atoms with E-state index in [1.807, 2.05) is 17.8 Å². The van der Waals surface area contributed by atoms with Gasteiger partial charge in [-0.2, -0.15) is 17.0 Å². The third kappa shape index (κ3) is 1.89. The molecule has 0 aromatic heterocycles. The molecule has 78 valence electrons. The summed E-state index contributed by atoms with van der Waals surface area (Å²) in [5.74, 6) is 2.76. The standard InChI is InChI=1S/C13H15NS/c1-9(2)13-10(7-14)3-4-11-8-15-6-5-12(11)13/h3-4,9H,5-6,8H2,1-2H3. The van der Waals surface area contributed by atoms with Crippen LogP contribution < -0.4 is 0 Å². The van der Waals surface area contributed by atoms with Crippen LogP contribution in [0.2, 0.25) is 0 Å². The lowest BCUT2D eigenvalue weighted by Gasteiger charge is -2.22. The topological polar surface area (TPSA) is 23.8 Å². The Morgan fingerprint density at radius 2 is 2.20 bits per heavy atom. The number of thioether (sulfide) groups is 1. The second-order valence-electron chi connectivity index (χ2n) is 4.23. The van der Waals surface area contributed by atoms with E-state index >= 15 is 0 Å². The number of nitriles is 1. The molecule has 0 saturated heterocycles. The van der Waals surface area contributed by atoms with E-state index in [4.69, 9.17) is 5.26 Å². The van der Waals surface area contributed by atoms with E-state index in [1.165, 1.54) is 22.4 Å². The number of hydrogen-bond acceptors (Lipinski definition) is 2. The Hall–Kier alpha value is -0.940. The van der Waals surface area contributed by atoms with Crippen molar-refractivity contribution in [3.8, 4) is 6.07 Å². The minimum atomic E-state index is 0.456. The zero-order chi connectivity index (χ0) is 10.8. The van der Waals surface area contributed by atoms with Crippen molar-refractivity contribution in [1.29, 1.82) is 5.26 Å². The first-order valence-electron chi connectivity index (χ1n) is 5.36. The lowest BCUT2D eigenvalue weighted by atomic mass is 9.88. The minimum absolute atomic E-state index is 0.456. The zero-order valence-electron chi connectivity index (χ0n) is 9.21. The predicted molar refractivity (Wildman–Crippen MR) is 65.1 cm³/mol. The summed E-state index contributed by atoms with van der Waals surface area (Å²) < 4.78 is 0. The summed E-state index contributed by atoms with van der Waals surface area (Å²) in [7, 11) is 0. The fraction of sp³-hybridized carbons (Fsp3) is 0.462. The van der Waals surface area contributed by atoms with Gasteiger partial charge in [-0.05, 0) is 40.8 Å². The molecule has 0 aliphatic carbocycles. The molecule has 0 N–H and O–H groups in total. The van der Waals surface area contributed by atoms with Gasteiger partial charge in [-0.1, -0.05) is 19.9 Å². The van der Waals surface area contributed by atoms with Crippen molar-refractivity contribution in [2.45, 2.75) is 31.9 Å². The highest BCUT2D eigenvalue weighted by molar-refractivity contribution is 7.98. The zero-order valence-corrected chi connectivity index (χ0v) is 10.0. The van der Waals surface area contributed by atoms with Gasteiger partial charge in [0.05, 0.1) is 11.6 Å². The minimum Gasteiger partial charge on any atom is -0.192 e. The molecule has 0 unspecified atom stereocenters. The largest absolute Gasteiger partial charge is 0.192 e. The SMILES string of the molecule is CC(C)c1c(C#N)ccc2c1CCSC2. The van der Waals surface area contributed by atoms with Crippen LogP contribution in [0, 0.1) is 11.3 Å². The molecule has 0 amide bonds. The van der Waals surface area contributed by atoms with Crippen molar-refractivity contribution < 1.29 is 0 Å². The third-order valence-corrected chi connectivity index (χ3v) is 3.91. The second-order valence-corrected chi connectivity index (χ2v) is 5.34. The van der Waals surface area contributed by atoms with E-state index in [9.17, 15) is 0 Å². The molecule has 1 nitrogen and oxygen atoms in total. The molecule has 0 fully saturated rings. The maximum Gasteiger partial charge on any atom is 0.0994 e. The van der Waals surface area contributed by atoms with Crippen LogP contribution in [0.5, 0.6) is 0 Å². The smallest absolute Gasteiger partial charge is 0.0994 e. The van der Waals surface area contributed by atoms with E-state index in [-0.39, 0.29) is 0 Å². The van der Waals surface area contributed by atoms with E-state index in [0.717, 1.165) is 17.7 Å². The Morgan fingerprint density at radius 1 is 1.40 bits per heavy atom. The molecule has 1 aromatic carbocycles. The van der Waals surface area contributed by atoms with E-state index in [2.05, 4.69) is 26.0 Å². The lowest BCUT2D eigenvalue weighted by Crippen LogP contribution is -2.09. The molecule has 2 heteroatoms. The molecule has 1 aliphatic rings. The molecule has 15 heavy (non-hydrogen) atoms. The van der Waals surface area contributed by atoms with Crippen molar-refractivity contribution in [3.05, 3.63) is 34.4 Å². The molecular formula is C13H15NS. The van der Waals surface area contributed by atoms with Crippen LogP contribution in [0.4, 0.5) is 0 Å². The molecule has 1 aliphatic heterocycles. The Labute approximate surface area is 95.5 Å². The first-order valence-corrected chi connectivity index (χ1v) is 6.52. The summed E-state index contributed by atoms with van der Waals surface area (Å²) in [6, 6.07) is 6.44. The van der Waals surface area contributed by atoms with Crippen molar-refractivity contribution in [2.24, 2.45) is 0 Å². The van der Waals surface area contributed by atoms with E-state index in [1.54, 1.807) is 0 Å². The molecule has 1 heterocycles. The monoisotopic (exact) mass is 217 g/mol. The summed E-state index contributed by atoms with van der Waals surface area (Å²) in [5, 5.41) is 9.11. The summed E-state index contributed by atoms with van der Waals surface area (Å²) in [6.07, 6.45) is 1.13. The second kappa shape index (κ2) is 4.28. The lowest BCUT2D eigenvalue weighted by molar-refractivity contribution is 0.834.